The van der Waals surface area contributed by atoms with E-state index in [0.717, 1.165) is 31.0 Å². The molecule has 0 spiro atoms. The first-order valence-corrected chi connectivity index (χ1v) is 9.99. The molecule has 0 aromatic heterocycles. The fourth-order valence-corrected chi connectivity index (χ4v) is 3.91. The lowest BCUT2D eigenvalue weighted by molar-refractivity contribution is 0.0936. The monoisotopic (exact) mass is 378 g/mol. The first-order valence-electron chi connectivity index (χ1n) is 9.99. The van der Waals surface area contributed by atoms with Gasteiger partial charge in [0.15, 0.2) is 11.5 Å². The first-order chi connectivity index (χ1) is 13.2. The zero-order chi connectivity index (χ0) is 19.2. The Hall–Kier alpha value is -1.82. The Morgan fingerprint density at radius 3 is 2.74 bits per heavy atom. The van der Waals surface area contributed by atoms with Crippen LogP contribution in [0.3, 0.4) is 0 Å². The minimum absolute atomic E-state index is 0.162. The number of hydrogen-bond acceptors (Lipinski definition) is 4. The van der Waals surface area contributed by atoms with Gasteiger partial charge in [0.05, 0.1) is 26.5 Å². The number of ether oxygens (including phenoxy) is 2. The average molecular weight is 378 g/mol. The maximum absolute atomic E-state index is 12.9. The number of likely N-dealkylation sites (tertiary alicyclic amines) is 1. The van der Waals surface area contributed by atoms with Crippen molar-refractivity contribution in [2.45, 2.75) is 44.6 Å². The smallest absolute Gasteiger partial charge is 0.255 e. The summed E-state index contributed by atoms with van der Waals surface area (Å²) in [7, 11) is 3.08. The van der Waals surface area contributed by atoms with Crippen LogP contribution in [0.4, 0.5) is 4.39 Å². The minimum Gasteiger partial charge on any atom is -0.493 e. The van der Waals surface area contributed by atoms with Gasteiger partial charge in [0.25, 0.3) is 5.91 Å². The molecule has 0 unspecified atom stereocenters. The van der Waals surface area contributed by atoms with Crippen LogP contribution in [-0.4, -0.2) is 57.4 Å². The molecule has 3 rings (SSSR count). The van der Waals surface area contributed by atoms with Crippen molar-refractivity contribution in [1.82, 2.24) is 10.2 Å². The van der Waals surface area contributed by atoms with Crippen LogP contribution in [-0.2, 0) is 6.42 Å². The van der Waals surface area contributed by atoms with E-state index in [0.29, 0.717) is 42.5 Å². The number of methoxy groups -OCH3 is 2. The third-order valence-corrected chi connectivity index (χ3v) is 5.57. The van der Waals surface area contributed by atoms with Crippen molar-refractivity contribution in [2.24, 2.45) is 5.92 Å². The van der Waals surface area contributed by atoms with Crippen LogP contribution in [0.5, 0.6) is 11.5 Å². The molecule has 1 aromatic rings. The van der Waals surface area contributed by atoms with Gasteiger partial charge in [-0.2, -0.15) is 0 Å². The summed E-state index contributed by atoms with van der Waals surface area (Å²) in [6, 6.07) is 4.03. The fourth-order valence-electron chi connectivity index (χ4n) is 3.91. The number of nitrogens with zero attached hydrogens (tertiary/aromatic N) is 1. The van der Waals surface area contributed by atoms with Gasteiger partial charge >= 0.3 is 0 Å². The summed E-state index contributed by atoms with van der Waals surface area (Å²) in [5.74, 6) is 1.64. The Kier molecular flexibility index (Phi) is 6.94. The van der Waals surface area contributed by atoms with Gasteiger partial charge in [0.1, 0.15) is 0 Å². The topological polar surface area (TPSA) is 50.8 Å². The van der Waals surface area contributed by atoms with E-state index in [1.807, 2.05) is 6.07 Å². The number of carbonyl (C=O) groups excluding carboxylic acids is 1. The second kappa shape index (κ2) is 9.40. The highest BCUT2D eigenvalue weighted by molar-refractivity contribution is 5.98. The number of halogens is 1. The van der Waals surface area contributed by atoms with Crippen molar-refractivity contribution >= 4 is 5.91 Å². The maximum atomic E-state index is 12.9. The molecule has 1 saturated heterocycles. The molecule has 6 heteroatoms. The molecule has 1 heterocycles. The van der Waals surface area contributed by atoms with Crippen LogP contribution in [0.1, 0.15) is 48.0 Å². The average Bonchev–Trinajstić information content (AvgIpc) is 3.40. The second-order valence-corrected chi connectivity index (χ2v) is 7.62. The van der Waals surface area contributed by atoms with Gasteiger partial charge in [-0.1, -0.05) is 0 Å². The van der Waals surface area contributed by atoms with E-state index >= 15 is 0 Å². The molecule has 0 radical (unpaired) electrons. The number of alkyl halides is 1. The van der Waals surface area contributed by atoms with Crippen LogP contribution < -0.4 is 14.8 Å². The Morgan fingerprint density at radius 1 is 1.26 bits per heavy atom. The molecular formula is C21H31FN2O3. The molecule has 1 amide bonds. The summed E-state index contributed by atoms with van der Waals surface area (Å²) < 4.78 is 23.4. The Bertz CT molecular complexity index is 649. The van der Waals surface area contributed by atoms with Gasteiger partial charge in [-0.15, -0.1) is 0 Å². The second-order valence-electron chi connectivity index (χ2n) is 7.62. The van der Waals surface area contributed by atoms with Gasteiger partial charge in [-0.25, -0.2) is 0 Å². The predicted octanol–water partition coefficient (Wildman–Crippen LogP) is 3.21. The van der Waals surface area contributed by atoms with Crippen LogP contribution in [0.25, 0.3) is 0 Å². The molecule has 0 bridgehead atoms. The molecule has 1 N–H and O–H groups in total. The summed E-state index contributed by atoms with van der Waals surface area (Å²) in [4.78, 5) is 15.4. The first kappa shape index (κ1) is 19.9. The number of rotatable bonds is 10. The fraction of sp³-hybridized carbons (Fsp3) is 0.667. The standard InChI is InChI=1S/C21H31FN2O3/c1-26-19-12-16(5-3-9-22)11-18(20(19)27-2)21(25)23-13-17-6-4-10-24(17)14-15-7-8-15/h11-12,15,17H,3-10,13-14H2,1-2H3,(H,23,25)/t17-/m0/s1. The van der Waals surface area contributed by atoms with Crippen LogP contribution >= 0.6 is 0 Å². The molecule has 1 aromatic carbocycles. The SMILES string of the molecule is COc1cc(CCCF)cc(C(=O)NC[C@@H]2CCCN2CC2CC2)c1OC. The zero-order valence-corrected chi connectivity index (χ0v) is 16.4. The highest BCUT2D eigenvalue weighted by Crippen LogP contribution is 2.34. The van der Waals surface area contributed by atoms with Gasteiger partial charge in [0, 0.05) is 19.1 Å². The van der Waals surface area contributed by atoms with Gasteiger partial charge in [-0.3, -0.25) is 14.1 Å². The normalized spacial score (nSPS) is 19.9. The molecule has 1 aliphatic carbocycles. The van der Waals surface area contributed by atoms with E-state index in [1.165, 1.54) is 26.4 Å². The van der Waals surface area contributed by atoms with Crippen LogP contribution in [0.15, 0.2) is 12.1 Å². The third kappa shape index (κ3) is 5.12. The number of amides is 1. The maximum Gasteiger partial charge on any atom is 0.255 e. The van der Waals surface area contributed by atoms with Gasteiger partial charge in [0.2, 0.25) is 0 Å². The molecule has 1 aliphatic heterocycles. The molecule has 5 nitrogen and oxygen atoms in total. The van der Waals surface area contributed by atoms with E-state index in [-0.39, 0.29) is 12.6 Å². The Balaban J connectivity index is 1.68. The summed E-state index contributed by atoms with van der Waals surface area (Å²) in [5.41, 5.74) is 1.34. The molecular weight excluding hydrogens is 347 g/mol. The van der Waals surface area contributed by atoms with E-state index in [2.05, 4.69) is 10.2 Å². The van der Waals surface area contributed by atoms with E-state index in [9.17, 15) is 9.18 Å². The molecule has 2 fully saturated rings. The summed E-state index contributed by atoms with van der Waals surface area (Å²) >= 11 is 0. The number of carbonyl (C=O) groups is 1. The van der Waals surface area contributed by atoms with Crippen molar-refractivity contribution in [3.05, 3.63) is 23.3 Å². The zero-order valence-electron chi connectivity index (χ0n) is 16.4. The van der Waals surface area contributed by atoms with Crippen LogP contribution in [0, 0.1) is 5.92 Å². The minimum atomic E-state index is -0.381. The lowest BCUT2D eigenvalue weighted by atomic mass is 10.0. The lowest BCUT2D eigenvalue weighted by Gasteiger charge is -2.25. The summed E-state index contributed by atoms with van der Waals surface area (Å²) in [6.45, 7) is 2.56. The quantitative estimate of drug-likeness (QED) is 0.679. The van der Waals surface area contributed by atoms with Crippen molar-refractivity contribution in [3.63, 3.8) is 0 Å². The predicted molar refractivity (Wildman–Crippen MR) is 103 cm³/mol. The highest BCUT2D eigenvalue weighted by atomic mass is 19.1. The highest BCUT2D eigenvalue weighted by Gasteiger charge is 2.31. The number of benzene rings is 1. The molecule has 27 heavy (non-hydrogen) atoms. The van der Waals surface area contributed by atoms with Crippen molar-refractivity contribution in [1.29, 1.82) is 0 Å². The molecule has 1 atom stereocenters. The number of nitrogens with one attached hydrogen (secondary N) is 1. The van der Waals surface area contributed by atoms with E-state index in [4.69, 9.17) is 9.47 Å². The summed E-state index contributed by atoms with van der Waals surface area (Å²) in [6.07, 6.45) is 6.01. The van der Waals surface area contributed by atoms with E-state index in [1.54, 1.807) is 13.2 Å². The lowest BCUT2D eigenvalue weighted by Crippen LogP contribution is -2.41. The van der Waals surface area contributed by atoms with Gasteiger partial charge in [-0.05, 0) is 68.7 Å². The van der Waals surface area contributed by atoms with Gasteiger partial charge < -0.3 is 14.8 Å². The van der Waals surface area contributed by atoms with Crippen LogP contribution in [0.2, 0.25) is 0 Å². The van der Waals surface area contributed by atoms with Crippen molar-refractivity contribution in [2.75, 3.05) is 40.5 Å². The van der Waals surface area contributed by atoms with E-state index < -0.39 is 0 Å². The molecule has 150 valence electrons. The molecule has 2 aliphatic rings. The Labute approximate surface area is 161 Å². The summed E-state index contributed by atoms with van der Waals surface area (Å²) in [5, 5.41) is 3.08. The third-order valence-electron chi connectivity index (χ3n) is 5.57. The van der Waals surface area contributed by atoms with Crippen molar-refractivity contribution in [3.8, 4) is 11.5 Å². The largest absolute Gasteiger partial charge is 0.493 e. The number of hydrogen-bond donors (Lipinski definition) is 1. The molecule has 1 saturated carbocycles. The van der Waals surface area contributed by atoms with Crippen molar-refractivity contribution < 1.29 is 18.7 Å². The Morgan fingerprint density at radius 2 is 2.07 bits per heavy atom. The number of aryl methyl sites for hydroxylation is 1.